The molecule has 2 fully saturated rings. The largest absolute Gasteiger partial charge is 0.376 e. The van der Waals surface area contributed by atoms with Crippen LogP contribution in [0, 0.1) is 0 Å². The van der Waals surface area contributed by atoms with E-state index in [-0.39, 0.29) is 11.7 Å². The van der Waals surface area contributed by atoms with Crippen LogP contribution in [0.4, 0.5) is 0 Å². The summed E-state index contributed by atoms with van der Waals surface area (Å²) in [5, 5.41) is 0.589. The summed E-state index contributed by atoms with van der Waals surface area (Å²) in [6.07, 6.45) is 8.37. The topological polar surface area (TPSA) is 74.8 Å². The van der Waals surface area contributed by atoms with Crippen LogP contribution in [0.2, 0.25) is 0 Å². The fraction of sp³-hybridized carbons (Fsp3) is 0.455. The number of hydrogen-bond acceptors (Lipinski definition) is 5. The molecule has 4 heterocycles. The molecule has 148 valence electrons. The molecule has 0 radical (unpaired) electrons. The van der Waals surface area contributed by atoms with E-state index < -0.39 is 0 Å². The zero-order valence-corrected chi connectivity index (χ0v) is 16.3. The molecule has 1 aliphatic carbocycles. The quantitative estimate of drug-likeness (QED) is 0.535. The van der Waals surface area contributed by atoms with Gasteiger partial charge in [-0.1, -0.05) is 25.0 Å². The third-order valence-corrected chi connectivity index (χ3v) is 6.38. The molecular formula is C22H23N5O2. The molecule has 2 aliphatic rings. The lowest BCUT2D eigenvalue weighted by molar-refractivity contribution is 0.0960. The Bertz CT molecular complexity index is 1280. The average molecular weight is 389 g/mol. The molecule has 0 N–H and O–H groups in total. The molecule has 4 aromatic rings. The first-order valence-electron chi connectivity index (χ1n) is 10.6. The van der Waals surface area contributed by atoms with Gasteiger partial charge in [0.15, 0.2) is 11.3 Å². The number of para-hydroxylation sites is 2. The van der Waals surface area contributed by atoms with E-state index in [1.807, 2.05) is 24.3 Å². The Kier molecular flexibility index (Phi) is 3.90. The fourth-order valence-corrected chi connectivity index (χ4v) is 4.94. The summed E-state index contributed by atoms with van der Waals surface area (Å²) in [6, 6.07) is 8.17. The second kappa shape index (κ2) is 6.62. The van der Waals surface area contributed by atoms with Gasteiger partial charge in [0.05, 0.1) is 30.0 Å². The lowest BCUT2D eigenvalue weighted by atomic mass is 10.2. The Morgan fingerprint density at radius 3 is 2.55 bits per heavy atom. The van der Waals surface area contributed by atoms with Crippen molar-refractivity contribution in [3.63, 3.8) is 0 Å². The van der Waals surface area contributed by atoms with E-state index in [4.69, 9.17) is 19.7 Å². The van der Waals surface area contributed by atoms with Crippen molar-refractivity contribution in [2.45, 2.75) is 57.2 Å². The number of fused-ring (bicyclic) bond motifs is 4. The lowest BCUT2D eigenvalue weighted by Crippen LogP contribution is -2.26. The highest BCUT2D eigenvalue weighted by molar-refractivity contribution is 6.04. The number of ether oxygens (including phenoxy) is 1. The summed E-state index contributed by atoms with van der Waals surface area (Å²) in [6.45, 7) is 1.31. The van der Waals surface area contributed by atoms with Crippen molar-refractivity contribution in [1.82, 2.24) is 24.1 Å². The zero-order valence-electron chi connectivity index (χ0n) is 16.3. The summed E-state index contributed by atoms with van der Waals surface area (Å²) >= 11 is 0. The van der Waals surface area contributed by atoms with Crippen molar-refractivity contribution >= 4 is 33.2 Å². The van der Waals surface area contributed by atoms with Gasteiger partial charge in [0.25, 0.3) is 5.56 Å². The Balaban J connectivity index is 1.64. The van der Waals surface area contributed by atoms with Crippen LogP contribution in [0.5, 0.6) is 0 Å². The summed E-state index contributed by atoms with van der Waals surface area (Å²) in [7, 11) is 0. The molecule has 0 amide bonds. The first-order chi connectivity index (χ1) is 14.3. The van der Waals surface area contributed by atoms with Crippen LogP contribution >= 0.6 is 0 Å². The maximum atomic E-state index is 13.5. The maximum Gasteiger partial charge on any atom is 0.265 e. The molecule has 1 saturated carbocycles. The van der Waals surface area contributed by atoms with Crippen LogP contribution in [-0.4, -0.2) is 36.8 Å². The van der Waals surface area contributed by atoms with Crippen LogP contribution in [-0.2, 0) is 11.3 Å². The van der Waals surface area contributed by atoms with Crippen molar-refractivity contribution in [2.24, 2.45) is 0 Å². The molecule has 3 aromatic heterocycles. The number of hydrogen-bond donors (Lipinski definition) is 0. The number of aromatic nitrogens is 5. The van der Waals surface area contributed by atoms with Crippen LogP contribution in [0.25, 0.3) is 33.2 Å². The monoisotopic (exact) mass is 389 g/mol. The Hall–Kier alpha value is -2.80. The summed E-state index contributed by atoms with van der Waals surface area (Å²) in [4.78, 5) is 28.0. The van der Waals surface area contributed by atoms with Gasteiger partial charge in [0.2, 0.25) is 0 Å². The van der Waals surface area contributed by atoms with Gasteiger partial charge in [-0.15, -0.1) is 0 Å². The van der Waals surface area contributed by atoms with Crippen molar-refractivity contribution in [3.8, 4) is 0 Å². The van der Waals surface area contributed by atoms with Crippen LogP contribution in [0.3, 0.4) is 0 Å². The molecule has 0 spiro atoms. The molecule has 1 aliphatic heterocycles. The Morgan fingerprint density at radius 2 is 1.79 bits per heavy atom. The Labute approximate surface area is 167 Å². The van der Waals surface area contributed by atoms with Crippen LogP contribution in [0.1, 0.15) is 44.6 Å². The molecule has 0 bridgehead atoms. The third-order valence-electron chi connectivity index (χ3n) is 6.38. The third kappa shape index (κ3) is 2.68. The van der Waals surface area contributed by atoms with Gasteiger partial charge < -0.3 is 9.30 Å². The van der Waals surface area contributed by atoms with Gasteiger partial charge in [-0.25, -0.2) is 15.0 Å². The molecule has 7 nitrogen and oxygen atoms in total. The van der Waals surface area contributed by atoms with Crippen molar-refractivity contribution in [3.05, 3.63) is 40.9 Å². The first-order valence-corrected chi connectivity index (χ1v) is 10.6. The molecule has 29 heavy (non-hydrogen) atoms. The lowest BCUT2D eigenvalue weighted by Gasteiger charge is -2.14. The predicted octanol–water partition coefficient (Wildman–Crippen LogP) is 3.59. The highest BCUT2D eigenvalue weighted by Gasteiger charge is 2.27. The van der Waals surface area contributed by atoms with Gasteiger partial charge >= 0.3 is 0 Å². The van der Waals surface area contributed by atoms with E-state index in [0.717, 1.165) is 54.6 Å². The summed E-state index contributed by atoms with van der Waals surface area (Å²) in [5.41, 5.74) is 3.78. The highest BCUT2D eigenvalue weighted by atomic mass is 16.5. The minimum Gasteiger partial charge on any atom is -0.376 e. The van der Waals surface area contributed by atoms with E-state index in [2.05, 4.69) is 4.57 Å². The number of rotatable bonds is 3. The fourth-order valence-electron chi connectivity index (χ4n) is 4.94. The Morgan fingerprint density at radius 1 is 1.00 bits per heavy atom. The second-order valence-corrected chi connectivity index (χ2v) is 8.23. The van der Waals surface area contributed by atoms with E-state index in [0.29, 0.717) is 23.5 Å². The highest BCUT2D eigenvalue weighted by Crippen LogP contribution is 2.36. The normalized spacial score (nSPS) is 20.5. The summed E-state index contributed by atoms with van der Waals surface area (Å²) < 4.78 is 9.60. The molecular weight excluding hydrogens is 366 g/mol. The number of nitrogens with zero attached hydrogens (tertiary/aromatic N) is 5. The average Bonchev–Trinajstić information content (AvgIpc) is 3.48. The molecule has 7 heteroatoms. The summed E-state index contributed by atoms with van der Waals surface area (Å²) in [5.74, 6) is 0. The predicted molar refractivity (Wildman–Crippen MR) is 111 cm³/mol. The van der Waals surface area contributed by atoms with Crippen molar-refractivity contribution in [2.75, 3.05) is 6.61 Å². The molecule has 1 atom stereocenters. The van der Waals surface area contributed by atoms with Gasteiger partial charge in [-0.2, -0.15) is 0 Å². The van der Waals surface area contributed by atoms with E-state index >= 15 is 0 Å². The SMILES string of the molecule is O=c1c2c3nc4ccccc4nc3n(C3CCCC3)c2ncn1C[C@@H]1CCCO1. The standard InChI is InChI=1S/C22H23N5O2/c28-22-18-19-21(25-17-10-4-3-9-16(17)24-19)27(14-6-1-2-7-14)20(18)23-13-26(22)12-15-8-5-11-29-15/h3-4,9-10,13-15H,1-2,5-8,11-12H2/t15-/m0/s1. The van der Waals surface area contributed by atoms with E-state index in [9.17, 15) is 4.79 Å². The number of benzene rings is 1. The zero-order chi connectivity index (χ0) is 19.4. The van der Waals surface area contributed by atoms with Crippen molar-refractivity contribution in [1.29, 1.82) is 0 Å². The second-order valence-electron chi connectivity index (χ2n) is 8.23. The van der Waals surface area contributed by atoms with Crippen molar-refractivity contribution < 1.29 is 4.74 Å². The molecule has 0 unspecified atom stereocenters. The molecule has 1 aromatic carbocycles. The van der Waals surface area contributed by atoms with Crippen LogP contribution < -0.4 is 5.56 Å². The molecule has 6 rings (SSSR count). The van der Waals surface area contributed by atoms with Gasteiger partial charge in [0, 0.05) is 12.6 Å². The maximum absolute atomic E-state index is 13.5. The minimum atomic E-state index is -0.0446. The van der Waals surface area contributed by atoms with Gasteiger partial charge in [-0.05, 0) is 37.8 Å². The van der Waals surface area contributed by atoms with Crippen LogP contribution in [0.15, 0.2) is 35.4 Å². The van der Waals surface area contributed by atoms with E-state index in [1.165, 1.54) is 12.8 Å². The van der Waals surface area contributed by atoms with E-state index in [1.54, 1.807) is 10.9 Å². The smallest absolute Gasteiger partial charge is 0.265 e. The molecule has 1 saturated heterocycles. The van der Waals surface area contributed by atoms with Gasteiger partial charge in [-0.3, -0.25) is 9.36 Å². The van der Waals surface area contributed by atoms with Gasteiger partial charge in [0.1, 0.15) is 10.9 Å². The first kappa shape index (κ1) is 17.1. The minimum absolute atomic E-state index is 0.0446.